The standard InChI is InChI=1S/C11H20O/c1-9-3-4-11(7-9)8-10(2)5-6-12/h10-12H,1,3-8H2,2H3. The van der Waals surface area contributed by atoms with Crippen LogP contribution in [0.25, 0.3) is 0 Å². The fourth-order valence-electron chi connectivity index (χ4n) is 2.13. The van der Waals surface area contributed by atoms with E-state index >= 15 is 0 Å². The summed E-state index contributed by atoms with van der Waals surface area (Å²) < 4.78 is 0. The molecule has 1 rings (SSSR count). The first-order valence-electron chi connectivity index (χ1n) is 5.00. The highest BCUT2D eigenvalue weighted by Crippen LogP contribution is 2.33. The van der Waals surface area contributed by atoms with E-state index in [4.69, 9.17) is 5.11 Å². The zero-order chi connectivity index (χ0) is 8.97. The summed E-state index contributed by atoms with van der Waals surface area (Å²) in [5.41, 5.74) is 1.43. The molecule has 0 spiro atoms. The van der Waals surface area contributed by atoms with Crippen LogP contribution >= 0.6 is 0 Å². The van der Waals surface area contributed by atoms with Gasteiger partial charge < -0.3 is 5.11 Å². The lowest BCUT2D eigenvalue weighted by Crippen LogP contribution is -2.04. The quantitative estimate of drug-likeness (QED) is 0.640. The Hall–Kier alpha value is -0.300. The molecule has 1 fully saturated rings. The van der Waals surface area contributed by atoms with Crippen molar-refractivity contribution in [1.82, 2.24) is 0 Å². The maximum Gasteiger partial charge on any atom is 0.0433 e. The third-order valence-corrected chi connectivity index (χ3v) is 2.84. The zero-order valence-electron chi connectivity index (χ0n) is 8.05. The van der Waals surface area contributed by atoms with E-state index in [9.17, 15) is 0 Å². The molecule has 0 aromatic rings. The monoisotopic (exact) mass is 168 g/mol. The van der Waals surface area contributed by atoms with E-state index in [1.807, 2.05) is 0 Å². The second kappa shape index (κ2) is 4.66. The molecule has 0 bridgehead atoms. The van der Waals surface area contributed by atoms with Crippen LogP contribution in [0.15, 0.2) is 12.2 Å². The molecular formula is C11H20O. The van der Waals surface area contributed by atoms with Gasteiger partial charge in [-0.05, 0) is 43.9 Å². The van der Waals surface area contributed by atoms with E-state index in [1.54, 1.807) is 0 Å². The molecule has 0 aromatic carbocycles. The number of rotatable bonds is 4. The van der Waals surface area contributed by atoms with Gasteiger partial charge >= 0.3 is 0 Å². The van der Waals surface area contributed by atoms with Gasteiger partial charge in [0.2, 0.25) is 0 Å². The van der Waals surface area contributed by atoms with Crippen molar-refractivity contribution in [2.24, 2.45) is 11.8 Å². The average molecular weight is 168 g/mol. The van der Waals surface area contributed by atoms with Crippen molar-refractivity contribution in [3.63, 3.8) is 0 Å². The Bertz CT molecular complexity index is 151. The Morgan fingerprint density at radius 3 is 2.92 bits per heavy atom. The number of allylic oxidation sites excluding steroid dienone is 1. The van der Waals surface area contributed by atoms with Crippen molar-refractivity contribution in [2.45, 2.75) is 39.0 Å². The van der Waals surface area contributed by atoms with Crippen molar-refractivity contribution in [1.29, 1.82) is 0 Å². The molecule has 0 aromatic heterocycles. The Kier molecular flexibility index (Phi) is 3.80. The molecule has 1 heteroatoms. The van der Waals surface area contributed by atoms with Gasteiger partial charge in [0.15, 0.2) is 0 Å². The van der Waals surface area contributed by atoms with Gasteiger partial charge in [0.1, 0.15) is 0 Å². The largest absolute Gasteiger partial charge is 0.396 e. The zero-order valence-corrected chi connectivity index (χ0v) is 8.05. The minimum absolute atomic E-state index is 0.342. The lowest BCUT2D eigenvalue weighted by Gasteiger charge is -2.14. The van der Waals surface area contributed by atoms with Crippen molar-refractivity contribution in [3.05, 3.63) is 12.2 Å². The first-order valence-corrected chi connectivity index (χ1v) is 5.00. The normalized spacial score (nSPS) is 26.2. The number of hydrogen-bond acceptors (Lipinski definition) is 1. The molecule has 2 unspecified atom stereocenters. The molecule has 2 atom stereocenters. The summed E-state index contributed by atoms with van der Waals surface area (Å²) in [7, 11) is 0. The second-order valence-corrected chi connectivity index (χ2v) is 4.21. The van der Waals surface area contributed by atoms with Crippen molar-refractivity contribution in [2.75, 3.05) is 6.61 Å². The van der Waals surface area contributed by atoms with Crippen molar-refractivity contribution >= 4 is 0 Å². The van der Waals surface area contributed by atoms with Crippen LogP contribution in [0.1, 0.15) is 39.0 Å². The third-order valence-electron chi connectivity index (χ3n) is 2.84. The van der Waals surface area contributed by atoms with Crippen LogP contribution in [-0.2, 0) is 0 Å². The molecule has 0 heterocycles. The van der Waals surface area contributed by atoms with Gasteiger partial charge in [0.05, 0.1) is 0 Å². The van der Waals surface area contributed by atoms with Crippen molar-refractivity contribution in [3.8, 4) is 0 Å². The maximum absolute atomic E-state index is 8.75. The summed E-state index contributed by atoms with van der Waals surface area (Å²) in [5, 5.41) is 8.75. The highest BCUT2D eigenvalue weighted by Gasteiger charge is 2.19. The van der Waals surface area contributed by atoms with Crippen LogP contribution in [0.3, 0.4) is 0 Å². The van der Waals surface area contributed by atoms with E-state index in [-0.39, 0.29) is 0 Å². The summed E-state index contributed by atoms with van der Waals surface area (Å²) in [6.45, 7) is 6.58. The Morgan fingerprint density at radius 1 is 1.67 bits per heavy atom. The van der Waals surface area contributed by atoms with E-state index in [1.165, 1.54) is 31.3 Å². The summed E-state index contributed by atoms with van der Waals surface area (Å²) in [5.74, 6) is 1.55. The Balaban J connectivity index is 2.18. The van der Waals surface area contributed by atoms with Crippen LogP contribution in [0.4, 0.5) is 0 Å². The van der Waals surface area contributed by atoms with Gasteiger partial charge in [-0.2, -0.15) is 0 Å². The van der Waals surface area contributed by atoms with E-state index in [0.29, 0.717) is 12.5 Å². The second-order valence-electron chi connectivity index (χ2n) is 4.21. The molecule has 1 nitrogen and oxygen atoms in total. The van der Waals surface area contributed by atoms with Gasteiger partial charge in [0, 0.05) is 6.61 Å². The molecule has 70 valence electrons. The molecule has 0 aliphatic heterocycles. The van der Waals surface area contributed by atoms with Gasteiger partial charge in [-0.1, -0.05) is 19.1 Å². The lowest BCUT2D eigenvalue weighted by atomic mass is 9.92. The molecule has 1 saturated carbocycles. The summed E-state index contributed by atoms with van der Waals surface area (Å²) in [4.78, 5) is 0. The van der Waals surface area contributed by atoms with Crippen LogP contribution < -0.4 is 0 Å². The molecule has 12 heavy (non-hydrogen) atoms. The minimum Gasteiger partial charge on any atom is -0.396 e. The lowest BCUT2D eigenvalue weighted by molar-refractivity contribution is 0.247. The predicted octanol–water partition coefficient (Wildman–Crippen LogP) is 2.75. The third kappa shape index (κ3) is 2.98. The SMILES string of the molecule is C=C1CCC(CC(C)CCO)C1. The molecule has 0 amide bonds. The highest BCUT2D eigenvalue weighted by molar-refractivity contribution is 5.02. The number of aliphatic hydroxyl groups excluding tert-OH is 1. The molecule has 1 aliphatic carbocycles. The fraction of sp³-hybridized carbons (Fsp3) is 0.818. The van der Waals surface area contributed by atoms with Crippen LogP contribution in [0.5, 0.6) is 0 Å². The molecule has 1 N–H and O–H groups in total. The van der Waals surface area contributed by atoms with Crippen LogP contribution in [0, 0.1) is 11.8 Å². The number of hydrogen-bond donors (Lipinski definition) is 1. The summed E-state index contributed by atoms with van der Waals surface area (Å²) in [6, 6.07) is 0. The average Bonchev–Trinajstić information content (AvgIpc) is 2.36. The van der Waals surface area contributed by atoms with Gasteiger partial charge in [-0.25, -0.2) is 0 Å². The molecule has 0 saturated heterocycles. The fourth-order valence-corrected chi connectivity index (χ4v) is 2.13. The smallest absolute Gasteiger partial charge is 0.0433 e. The van der Waals surface area contributed by atoms with Gasteiger partial charge in [-0.15, -0.1) is 0 Å². The van der Waals surface area contributed by atoms with Gasteiger partial charge in [0.25, 0.3) is 0 Å². The van der Waals surface area contributed by atoms with E-state index in [0.717, 1.165) is 12.3 Å². The van der Waals surface area contributed by atoms with E-state index < -0.39 is 0 Å². The summed E-state index contributed by atoms with van der Waals surface area (Å²) in [6.07, 6.45) is 6.03. The molecule has 0 radical (unpaired) electrons. The Labute approximate surface area is 75.5 Å². The number of aliphatic hydroxyl groups is 1. The first kappa shape index (κ1) is 9.79. The van der Waals surface area contributed by atoms with E-state index in [2.05, 4.69) is 13.5 Å². The summed E-state index contributed by atoms with van der Waals surface area (Å²) >= 11 is 0. The van der Waals surface area contributed by atoms with Crippen molar-refractivity contribution < 1.29 is 5.11 Å². The topological polar surface area (TPSA) is 20.2 Å². The minimum atomic E-state index is 0.342. The predicted molar refractivity (Wildman–Crippen MR) is 52.0 cm³/mol. The van der Waals surface area contributed by atoms with Gasteiger partial charge in [-0.3, -0.25) is 0 Å². The molecular weight excluding hydrogens is 148 g/mol. The molecule has 1 aliphatic rings. The van der Waals surface area contributed by atoms with Crippen LogP contribution in [0.2, 0.25) is 0 Å². The highest BCUT2D eigenvalue weighted by atomic mass is 16.3. The van der Waals surface area contributed by atoms with Crippen LogP contribution in [-0.4, -0.2) is 11.7 Å². The first-order chi connectivity index (χ1) is 5.72. The Morgan fingerprint density at radius 2 is 2.42 bits per heavy atom. The maximum atomic E-state index is 8.75.